The largest absolute Gasteiger partial charge is 0.372 e. The second kappa shape index (κ2) is 2.96. The Bertz CT molecular complexity index is 314. The molecule has 0 aromatic heterocycles. The van der Waals surface area contributed by atoms with E-state index in [9.17, 15) is 0 Å². The van der Waals surface area contributed by atoms with Crippen molar-refractivity contribution in [3.8, 4) is 0 Å². The van der Waals surface area contributed by atoms with E-state index in [-0.39, 0.29) is 0 Å². The molecule has 1 aromatic carbocycles. The molecule has 0 N–H and O–H groups in total. The van der Waals surface area contributed by atoms with Crippen LogP contribution < -0.4 is 0 Å². The highest BCUT2D eigenvalue weighted by Crippen LogP contribution is 2.36. The monoisotopic (exact) mass is 192 g/mol. The van der Waals surface area contributed by atoms with Crippen molar-refractivity contribution in [1.82, 2.24) is 0 Å². The van der Waals surface area contributed by atoms with Crippen LogP contribution in [0.25, 0.3) is 0 Å². The normalized spacial score (nSPS) is 21.6. The van der Waals surface area contributed by atoms with Crippen LogP contribution in [0.3, 0.4) is 0 Å². The third-order valence-electron chi connectivity index (χ3n) is 2.53. The highest BCUT2D eigenvalue weighted by molar-refractivity contribution is 6.77. The lowest BCUT2D eigenvalue weighted by Gasteiger charge is -2.24. The fourth-order valence-electron chi connectivity index (χ4n) is 1.90. The second-order valence-corrected chi connectivity index (χ2v) is 10.0. The number of hydrogen-bond donors (Lipinski definition) is 0. The van der Waals surface area contributed by atoms with E-state index in [1.165, 1.54) is 11.1 Å². The maximum absolute atomic E-state index is 5.85. The Morgan fingerprint density at radius 3 is 2.62 bits per heavy atom. The maximum Gasteiger partial charge on any atom is 0.0842 e. The van der Waals surface area contributed by atoms with Crippen LogP contribution in [0.5, 0.6) is 0 Å². The molecule has 0 amide bonds. The molecule has 1 aliphatic rings. The SMILES string of the molecule is C[Si](C)(C)[C@@H]1OCc2ccccc21. The highest BCUT2D eigenvalue weighted by atomic mass is 28.3. The number of fused-ring (bicyclic) bond motifs is 1. The van der Waals surface area contributed by atoms with E-state index in [2.05, 4.69) is 43.9 Å². The molecule has 1 heterocycles. The van der Waals surface area contributed by atoms with Crippen molar-refractivity contribution in [2.45, 2.75) is 32.0 Å². The predicted molar refractivity (Wildman–Crippen MR) is 57.3 cm³/mol. The molecule has 0 radical (unpaired) electrons. The van der Waals surface area contributed by atoms with Crippen LogP contribution in [0.2, 0.25) is 19.6 Å². The van der Waals surface area contributed by atoms with E-state index in [4.69, 9.17) is 4.74 Å². The van der Waals surface area contributed by atoms with Gasteiger partial charge in [0, 0.05) is 0 Å². The van der Waals surface area contributed by atoms with Crippen molar-refractivity contribution in [2.75, 3.05) is 0 Å². The van der Waals surface area contributed by atoms with Gasteiger partial charge in [0.15, 0.2) is 0 Å². The van der Waals surface area contributed by atoms with E-state index in [1.807, 2.05) is 0 Å². The molecule has 2 rings (SSSR count). The summed E-state index contributed by atoms with van der Waals surface area (Å²) in [6, 6.07) is 8.59. The first-order valence-electron chi connectivity index (χ1n) is 4.78. The number of benzene rings is 1. The fraction of sp³-hybridized carbons (Fsp3) is 0.455. The van der Waals surface area contributed by atoms with Gasteiger partial charge in [-0.3, -0.25) is 0 Å². The molecule has 2 heteroatoms. The zero-order valence-electron chi connectivity index (χ0n) is 8.50. The van der Waals surface area contributed by atoms with E-state index < -0.39 is 8.07 Å². The molecule has 0 unspecified atom stereocenters. The van der Waals surface area contributed by atoms with Crippen LogP contribution >= 0.6 is 0 Å². The summed E-state index contributed by atoms with van der Waals surface area (Å²) >= 11 is 0. The van der Waals surface area contributed by atoms with E-state index in [1.54, 1.807) is 0 Å². The average molecular weight is 192 g/mol. The van der Waals surface area contributed by atoms with E-state index in [0.29, 0.717) is 5.73 Å². The molecule has 0 aliphatic carbocycles. The molecular formula is C11H16OSi. The standard InChI is InChI=1S/C11H16OSi/c1-13(2,3)11-10-7-5-4-6-9(10)8-12-11/h4-7,11H,8H2,1-3H3/t11-/m0/s1. The number of ether oxygens (including phenoxy) is 1. The van der Waals surface area contributed by atoms with Crippen molar-refractivity contribution in [1.29, 1.82) is 0 Å². The van der Waals surface area contributed by atoms with Crippen molar-refractivity contribution in [3.63, 3.8) is 0 Å². The maximum atomic E-state index is 5.85. The molecule has 1 aromatic rings. The smallest absolute Gasteiger partial charge is 0.0842 e. The molecule has 70 valence electrons. The topological polar surface area (TPSA) is 9.23 Å². The zero-order valence-corrected chi connectivity index (χ0v) is 9.50. The number of rotatable bonds is 1. The van der Waals surface area contributed by atoms with Crippen LogP contribution in [0.4, 0.5) is 0 Å². The van der Waals surface area contributed by atoms with Gasteiger partial charge in [-0.05, 0) is 11.1 Å². The summed E-state index contributed by atoms with van der Waals surface area (Å²) in [5.74, 6) is 0. The van der Waals surface area contributed by atoms with Crippen molar-refractivity contribution >= 4 is 8.07 Å². The Labute approximate surface area is 80.7 Å². The summed E-state index contributed by atoms with van der Waals surface area (Å²) < 4.78 is 5.85. The molecule has 0 saturated carbocycles. The van der Waals surface area contributed by atoms with Crippen LogP contribution in [-0.2, 0) is 11.3 Å². The molecular weight excluding hydrogens is 176 g/mol. The van der Waals surface area contributed by atoms with Crippen molar-refractivity contribution < 1.29 is 4.74 Å². The first kappa shape index (κ1) is 8.97. The summed E-state index contributed by atoms with van der Waals surface area (Å²) in [5.41, 5.74) is 3.22. The van der Waals surface area contributed by atoms with Crippen LogP contribution in [0, 0.1) is 0 Å². The Kier molecular flexibility index (Phi) is 2.04. The average Bonchev–Trinajstić information content (AvgIpc) is 2.45. The molecule has 1 atom stereocenters. The Morgan fingerprint density at radius 2 is 1.92 bits per heavy atom. The van der Waals surface area contributed by atoms with Crippen LogP contribution in [-0.4, -0.2) is 8.07 Å². The minimum absolute atomic E-state index is 0.406. The predicted octanol–water partition coefficient (Wildman–Crippen LogP) is 3.14. The van der Waals surface area contributed by atoms with Gasteiger partial charge in [0.2, 0.25) is 0 Å². The summed E-state index contributed by atoms with van der Waals surface area (Å²) in [6.07, 6.45) is 0. The summed E-state index contributed by atoms with van der Waals surface area (Å²) in [5, 5.41) is 0. The first-order valence-corrected chi connectivity index (χ1v) is 8.36. The van der Waals surface area contributed by atoms with E-state index >= 15 is 0 Å². The van der Waals surface area contributed by atoms with Crippen molar-refractivity contribution in [2.24, 2.45) is 0 Å². The molecule has 0 saturated heterocycles. The first-order chi connectivity index (χ1) is 6.09. The van der Waals surface area contributed by atoms with Gasteiger partial charge in [-0.1, -0.05) is 43.9 Å². The van der Waals surface area contributed by atoms with Gasteiger partial charge in [-0.2, -0.15) is 0 Å². The molecule has 0 bridgehead atoms. The highest BCUT2D eigenvalue weighted by Gasteiger charge is 2.34. The second-order valence-electron chi connectivity index (χ2n) is 4.76. The van der Waals surface area contributed by atoms with Gasteiger partial charge in [0.25, 0.3) is 0 Å². The number of hydrogen-bond acceptors (Lipinski definition) is 1. The minimum atomic E-state index is -1.20. The molecule has 0 fully saturated rings. The Hall–Kier alpha value is -0.603. The molecule has 1 nitrogen and oxygen atoms in total. The summed E-state index contributed by atoms with van der Waals surface area (Å²) in [6.45, 7) is 7.89. The van der Waals surface area contributed by atoms with Gasteiger partial charge in [-0.25, -0.2) is 0 Å². The quantitative estimate of drug-likeness (QED) is 0.621. The lowest BCUT2D eigenvalue weighted by Crippen LogP contribution is -2.30. The molecule has 13 heavy (non-hydrogen) atoms. The van der Waals surface area contributed by atoms with Crippen LogP contribution in [0.1, 0.15) is 16.9 Å². The van der Waals surface area contributed by atoms with Crippen LogP contribution in [0.15, 0.2) is 24.3 Å². The lowest BCUT2D eigenvalue weighted by molar-refractivity contribution is 0.114. The minimum Gasteiger partial charge on any atom is -0.372 e. The third-order valence-corrected chi connectivity index (χ3v) is 4.58. The van der Waals surface area contributed by atoms with Gasteiger partial charge in [0.05, 0.1) is 20.4 Å². The Morgan fingerprint density at radius 1 is 1.23 bits per heavy atom. The van der Waals surface area contributed by atoms with E-state index in [0.717, 1.165) is 6.61 Å². The molecule has 0 spiro atoms. The van der Waals surface area contributed by atoms with Gasteiger partial charge >= 0.3 is 0 Å². The summed E-state index contributed by atoms with van der Waals surface area (Å²) in [7, 11) is -1.20. The lowest BCUT2D eigenvalue weighted by atomic mass is 10.1. The molecule has 1 aliphatic heterocycles. The van der Waals surface area contributed by atoms with Crippen molar-refractivity contribution in [3.05, 3.63) is 35.4 Å². The Balaban J connectivity index is 2.39. The fourth-order valence-corrected chi connectivity index (χ4v) is 3.70. The summed E-state index contributed by atoms with van der Waals surface area (Å²) in [4.78, 5) is 0. The third kappa shape index (κ3) is 1.56. The van der Waals surface area contributed by atoms with Gasteiger partial charge in [0.1, 0.15) is 0 Å². The van der Waals surface area contributed by atoms with Gasteiger partial charge in [-0.15, -0.1) is 0 Å². The zero-order chi connectivity index (χ0) is 9.47. The van der Waals surface area contributed by atoms with Gasteiger partial charge < -0.3 is 4.74 Å².